The number of amides is 2. The van der Waals surface area contributed by atoms with Crippen LogP contribution < -0.4 is 20.7 Å². The van der Waals surface area contributed by atoms with E-state index in [1.54, 1.807) is 12.3 Å². The number of anilines is 2. The van der Waals surface area contributed by atoms with E-state index in [2.05, 4.69) is 56.8 Å². The molecule has 0 saturated carbocycles. The van der Waals surface area contributed by atoms with Crippen molar-refractivity contribution in [2.45, 2.75) is 63.3 Å². The van der Waals surface area contributed by atoms with Gasteiger partial charge in [-0.05, 0) is 93.6 Å². The van der Waals surface area contributed by atoms with E-state index >= 15 is 13.2 Å². The third kappa shape index (κ3) is 6.54. The number of pyridine rings is 1. The lowest BCUT2D eigenvalue weighted by Gasteiger charge is -2.37. The minimum atomic E-state index is -1.05. The molecule has 1 atom stereocenters. The second-order valence-electron chi connectivity index (χ2n) is 16.1. The number of piperidine rings is 2. The van der Waals surface area contributed by atoms with Gasteiger partial charge < -0.3 is 9.80 Å². The molecule has 1 unspecified atom stereocenters. The summed E-state index contributed by atoms with van der Waals surface area (Å²) in [6.45, 7) is 8.05. The van der Waals surface area contributed by atoms with E-state index in [9.17, 15) is 14.4 Å². The average Bonchev–Trinajstić information content (AvgIpc) is 3.41. The molecule has 3 aromatic carbocycles. The highest BCUT2D eigenvalue weighted by molar-refractivity contribution is 6.35. The molecule has 0 spiro atoms. The van der Waals surface area contributed by atoms with E-state index in [4.69, 9.17) is 11.6 Å². The van der Waals surface area contributed by atoms with Crippen molar-refractivity contribution in [3.63, 3.8) is 0 Å². The lowest BCUT2D eigenvalue weighted by molar-refractivity contribution is -0.134. The molecular weight excluding hydrogens is 755 g/mol. The minimum Gasteiger partial charge on any atom is -0.368 e. The van der Waals surface area contributed by atoms with E-state index in [1.165, 1.54) is 23.8 Å². The molecule has 4 aliphatic heterocycles. The van der Waals surface area contributed by atoms with Gasteiger partial charge in [0.15, 0.2) is 0 Å². The number of likely N-dealkylation sites (tertiary alicyclic amines) is 1. The minimum absolute atomic E-state index is 0.0279. The summed E-state index contributed by atoms with van der Waals surface area (Å²) in [4.78, 5) is 52.0. The maximum Gasteiger partial charge on any atom is 0.282 e. The number of hydrogen-bond donors (Lipinski definition) is 1. The molecule has 1 N–H and O–H groups in total. The molecule has 10 nitrogen and oxygen atoms in total. The molecule has 0 bridgehead atoms. The molecule has 3 saturated heterocycles. The molecule has 57 heavy (non-hydrogen) atoms. The Balaban J connectivity index is 0.826. The largest absolute Gasteiger partial charge is 0.368 e. The molecule has 14 heteroatoms. The maximum atomic E-state index is 15.6. The Morgan fingerprint density at radius 3 is 2.21 bits per heavy atom. The first-order chi connectivity index (χ1) is 27.4. The zero-order valence-corrected chi connectivity index (χ0v) is 32.4. The van der Waals surface area contributed by atoms with E-state index in [-0.39, 0.29) is 29.8 Å². The molecule has 4 aliphatic rings. The average molecular weight is 796 g/mol. The van der Waals surface area contributed by atoms with Gasteiger partial charge in [0.25, 0.3) is 5.56 Å². The number of nitrogens with one attached hydrogen (secondary N) is 1. The van der Waals surface area contributed by atoms with E-state index < -0.39 is 34.8 Å². The first-order valence-corrected chi connectivity index (χ1v) is 19.8. The highest BCUT2D eigenvalue weighted by Gasteiger charge is 2.39. The van der Waals surface area contributed by atoms with Crippen LogP contribution in [0.15, 0.2) is 65.6 Å². The molecule has 0 aliphatic carbocycles. The van der Waals surface area contributed by atoms with Crippen molar-refractivity contribution in [3.05, 3.63) is 122 Å². The predicted octanol–water partition coefficient (Wildman–Crippen LogP) is 6.72. The second-order valence-corrected chi connectivity index (χ2v) is 16.5. The summed E-state index contributed by atoms with van der Waals surface area (Å²) < 4.78 is 48.0. The van der Waals surface area contributed by atoms with Crippen molar-refractivity contribution >= 4 is 45.7 Å². The zero-order valence-electron chi connectivity index (χ0n) is 31.6. The molecule has 294 valence electrons. The van der Waals surface area contributed by atoms with Crippen LogP contribution in [0.4, 0.5) is 24.5 Å². The van der Waals surface area contributed by atoms with E-state index in [1.807, 2.05) is 21.9 Å². The van der Waals surface area contributed by atoms with Crippen molar-refractivity contribution in [2.24, 2.45) is 0 Å². The maximum absolute atomic E-state index is 15.6. The number of rotatable bonds is 6. The van der Waals surface area contributed by atoms with Gasteiger partial charge in [-0.25, -0.2) is 13.2 Å². The summed E-state index contributed by atoms with van der Waals surface area (Å²) in [5.41, 5.74) is 4.42. The van der Waals surface area contributed by atoms with Crippen LogP contribution in [0.2, 0.25) is 5.02 Å². The summed E-state index contributed by atoms with van der Waals surface area (Å²) in [7, 11) is 0. The van der Waals surface area contributed by atoms with Gasteiger partial charge in [-0.15, -0.1) is 0 Å². The molecule has 3 fully saturated rings. The second kappa shape index (κ2) is 14.3. The topological polar surface area (TPSA) is 104 Å². The molecule has 0 radical (unpaired) electrons. The van der Waals surface area contributed by atoms with Crippen LogP contribution in [-0.4, -0.2) is 70.5 Å². The summed E-state index contributed by atoms with van der Waals surface area (Å²) in [5.74, 6) is -3.17. The number of fused-ring (bicyclic) bond motifs is 5. The van der Waals surface area contributed by atoms with E-state index in [0.29, 0.717) is 71.9 Å². The Bertz CT molecular complexity index is 2510. The number of piperazine rings is 1. The quantitative estimate of drug-likeness (QED) is 0.189. The molecular formula is C43H41ClF3N7O3. The van der Waals surface area contributed by atoms with Crippen LogP contribution in [0.5, 0.6) is 0 Å². The number of benzene rings is 3. The predicted molar refractivity (Wildman–Crippen MR) is 212 cm³/mol. The summed E-state index contributed by atoms with van der Waals surface area (Å²) in [5, 5.41) is 2.97. The van der Waals surface area contributed by atoms with Crippen molar-refractivity contribution in [3.8, 4) is 5.69 Å². The number of carbonyl (C=O) groups is 2. The van der Waals surface area contributed by atoms with E-state index in [0.717, 1.165) is 42.7 Å². The fourth-order valence-electron chi connectivity index (χ4n) is 9.19. The Morgan fingerprint density at radius 1 is 0.842 bits per heavy atom. The number of carbonyl (C=O) groups excluding carboxylic acids is 2. The smallest absolute Gasteiger partial charge is 0.282 e. The molecule has 2 aromatic heterocycles. The fraction of sp³-hybridized carbons (Fsp3) is 0.372. The van der Waals surface area contributed by atoms with Crippen LogP contribution in [0.25, 0.3) is 16.6 Å². The first-order valence-electron chi connectivity index (χ1n) is 19.4. The van der Waals surface area contributed by atoms with Crippen LogP contribution in [0.1, 0.15) is 79.6 Å². The summed E-state index contributed by atoms with van der Waals surface area (Å²) in [6.07, 6.45) is 3.59. The number of nitrogens with zero attached hydrogens (tertiary/aromatic N) is 6. The third-order valence-corrected chi connectivity index (χ3v) is 12.7. The van der Waals surface area contributed by atoms with Gasteiger partial charge in [-0.3, -0.25) is 34.2 Å². The van der Waals surface area contributed by atoms with Crippen LogP contribution in [0.3, 0.4) is 0 Å². The monoisotopic (exact) mass is 795 g/mol. The third-order valence-electron chi connectivity index (χ3n) is 12.4. The van der Waals surface area contributed by atoms with Crippen LogP contribution >= 0.6 is 11.6 Å². The molecule has 9 rings (SSSR count). The number of aromatic nitrogens is 3. The van der Waals surface area contributed by atoms with Crippen molar-refractivity contribution in [1.82, 2.24) is 24.8 Å². The van der Waals surface area contributed by atoms with Gasteiger partial charge in [-0.2, -0.15) is 4.98 Å². The van der Waals surface area contributed by atoms with Gasteiger partial charge in [-0.1, -0.05) is 29.8 Å². The lowest BCUT2D eigenvalue weighted by Crippen LogP contribution is -2.46. The zero-order chi connectivity index (χ0) is 39.7. The number of hydrogen-bond acceptors (Lipinski definition) is 8. The van der Waals surface area contributed by atoms with Gasteiger partial charge in [0, 0.05) is 56.5 Å². The van der Waals surface area contributed by atoms with Gasteiger partial charge in [0.2, 0.25) is 11.8 Å². The SMILES string of the molecule is CC1(C)c2ccc(C3CCN(Cc4ncc(N5CCN(c6cc(F)c(C7CCC(=O)NC7=O)c(F)c6)CC5)cc4F)CC3)cc2-n2c1nc(=O)c1c(Cl)cccc12. The normalized spacial score (nSPS) is 19.9. The van der Waals surface area contributed by atoms with Gasteiger partial charge >= 0.3 is 0 Å². The summed E-state index contributed by atoms with van der Waals surface area (Å²) in [6, 6.07) is 16.1. The Hall–Kier alpha value is -5.27. The Kier molecular flexibility index (Phi) is 9.35. The Labute approximate surface area is 332 Å². The molecule has 2 amide bonds. The van der Waals surface area contributed by atoms with Crippen molar-refractivity contribution < 1.29 is 22.8 Å². The lowest BCUT2D eigenvalue weighted by atomic mass is 9.83. The highest BCUT2D eigenvalue weighted by atomic mass is 35.5. The van der Waals surface area contributed by atoms with Gasteiger partial charge in [0.1, 0.15) is 23.3 Å². The number of halogens is 4. The highest BCUT2D eigenvalue weighted by Crippen LogP contribution is 2.45. The summed E-state index contributed by atoms with van der Waals surface area (Å²) >= 11 is 6.48. The first kappa shape index (κ1) is 37.3. The number of imide groups is 1. The van der Waals surface area contributed by atoms with Crippen LogP contribution in [-0.2, 0) is 21.5 Å². The standard InChI is InChI=1S/C43H41ClF3N7O3/c1-43(2)29-8-6-25(18-36(29)54-35-5-3-4-30(44)39(35)41(57)50-42(43)54)24-10-12-51(13-11-24)23-34-31(45)21-27(22-48-34)53-16-14-52(15-17-53)26-19-32(46)38(33(47)20-26)28-7-9-37(55)49-40(28)56/h3-6,8,18-22,24,28H,7,9-17,23H2,1-2H3,(H,49,55,56). The Morgan fingerprint density at radius 2 is 1.53 bits per heavy atom. The fourth-order valence-corrected chi connectivity index (χ4v) is 9.44. The van der Waals surface area contributed by atoms with Crippen molar-refractivity contribution in [2.75, 3.05) is 49.1 Å². The van der Waals surface area contributed by atoms with Crippen molar-refractivity contribution in [1.29, 1.82) is 0 Å². The van der Waals surface area contributed by atoms with Gasteiger partial charge in [0.05, 0.1) is 50.5 Å². The molecule has 6 heterocycles. The van der Waals surface area contributed by atoms with Crippen LogP contribution in [0, 0.1) is 17.5 Å². The molecule has 5 aromatic rings.